The second-order valence-electron chi connectivity index (χ2n) is 7.11. The van der Waals surface area contributed by atoms with E-state index in [9.17, 15) is 17.6 Å². The van der Waals surface area contributed by atoms with Gasteiger partial charge in [-0.25, -0.2) is 12.8 Å². The summed E-state index contributed by atoms with van der Waals surface area (Å²) in [7, 11) is -3.35. The number of halogens is 1. The average molecular weight is 383 g/mol. The van der Waals surface area contributed by atoms with Crippen LogP contribution in [-0.2, 0) is 21.4 Å². The van der Waals surface area contributed by atoms with Crippen LogP contribution in [0.2, 0.25) is 0 Å². The van der Waals surface area contributed by atoms with Crippen molar-refractivity contribution < 1.29 is 17.6 Å². The molecule has 2 heterocycles. The van der Waals surface area contributed by atoms with E-state index >= 15 is 0 Å². The number of nitrogens with zero attached hydrogens (tertiary/aromatic N) is 3. The number of hydrogen-bond acceptors (Lipinski definition) is 4. The van der Waals surface area contributed by atoms with E-state index in [2.05, 4.69) is 4.90 Å². The smallest absolute Gasteiger partial charge is 0.241 e. The zero-order valence-corrected chi connectivity index (χ0v) is 15.9. The highest BCUT2D eigenvalue weighted by molar-refractivity contribution is 7.88. The van der Waals surface area contributed by atoms with E-state index in [4.69, 9.17) is 0 Å². The molecule has 2 aliphatic heterocycles. The molecule has 1 aromatic rings. The Morgan fingerprint density at radius 2 is 1.81 bits per heavy atom. The topological polar surface area (TPSA) is 60.9 Å². The van der Waals surface area contributed by atoms with Crippen LogP contribution in [0.25, 0.3) is 0 Å². The molecule has 0 N–H and O–H groups in total. The second-order valence-corrected chi connectivity index (χ2v) is 9.05. The maximum absolute atomic E-state index is 13.0. The summed E-state index contributed by atoms with van der Waals surface area (Å²) < 4.78 is 38.2. The van der Waals surface area contributed by atoms with Crippen LogP contribution in [0.4, 0.5) is 4.39 Å². The fourth-order valence-electron chi connectivity index (χ4n) is 3.79. The summed E-state index contributed by atoms with van der Waals surface area (Å²) in [5, 5.41) is 0. The lowest BCUT2D eigenvalue weighted by Gasteiger charge is -2.28. The first-order valence-electron chi connectivity index (χ1n) is 9.07. The number of carbonyl (C=O) groups is 1. The number of hydrogen-bond donors (Lipinski definition) is 0. The summed E-state index contributed by atoms with van der Waals surface area (Å²) in [6.07, 6.45) is 3.35. The zero-order chi connectivity index (χ0) is 18.7. The molecule has 8 heteroatoms. The fourth-order valence-corrected chi connectivity index (χ4v) is 4.91. The van der Waals surface area contributed by atoms with E-state index in [-0.39, 0.29) is 11.7 Å². The van der Waals surface area contributed by atoms with Gasteiger partial charge in [-0.2, -0.15) is 4.31 Å². The molecule has 1 aromatic carbocycles. The first-order valence-corrected chi connectivity index (χ1v) is 10.9. The maximum Gasteiger partial charge on any atom is 0.241 e. The SMILES string of the molecule is CS(=O)(=O)N1CCCC1C(=O)N1CCCN(Cc2ccc(F)cc2)CC1. The molecule has 2 fully saturated rings. The van der Waals surface area contributed by atoms with Crippen molar-refractivity contribution >= 4 is 15.9 Å². The van der Waals surface area contributed by atoms with Crippen LogP contribution < -0.4 is 0 Å². The van der Waals surface area contributed by atoms with Crippen molar-refractivity contribution in [3.63, 3.8) is 0 Å². The number of rotatable bonds is 4. The van der Waals surface area contributed by atoms with Gasteiger partial charge in [-0.15, -0.1) is 0 Å². The van der Waals surface area contributed by atoms with Crippen molar-refractivity contribution in [2.75, 3.05) is 39.0 Å². The van der Waals surface area contributed by atoms with Gasteiger partial charge in [0.1, 0.15) is 11.9 Å². The summed E-state index contributed by atoms with van der Waals surface area (Å²) in [6.45, 7) is 3.98. The summed E-state index contributed by atoms with van der Waals surface area (Å²) in [6, 6.07) is 5.94. The molecule has 0 radical (unpaired) electrons. The minimum atomic E-state index is -3.35. The third-order valence-corrected chi connectivity index (χ3v) is 6.42. The first kappa shape index (κ1) is 19.3. The van der Waals surface area contributed by atoms with Crippen molar-refractivity contribution in [2.24, 2.45) is 0 Å². The molecule has 1 amide bonds. The highest BCUT2D eigenvalue weighted by Crippen LogP contribution is 2.23. The molecule has 2 saturated heterocycles. The van der Waals surface area contributed by atoms with Crippen molar-refractivity contribution in [3.8, 4) is 0 Å². The maximum atomic E-state index is 13.0. The summed E-state index contributed by atoms with van der Waals surface area (Å²) in [5.41, 5.74) is 1.05. The van der Waals surface area contributed by atoms with Crippen molar-refractivity contribution in [2.45, 2.75) is 31.8 Å². The van der Waals surface area contributed by atoms with Gasteiger partial charge in [-0.05, 0) is 37.0 Å². The molecule has 144 valence electrons. The van der Waals surface area contributed by atoms with Crippen LogP contribution in [0.15, 0.2) is 24.3 Å². The molecule has 0 spiro atoms. The summed E-state index contributed by atoms with van der Waals surface area (Å²) in [4.78, 5) is 16.9. The van der Waals surface area contributed by atoms with E-state index in [0.717, 1.165) is 38.0 Å². The standard InChI is InChI=1S/C18H26FN3O3S/c1-26(24,25)22-11-2-4-17(22)18(23)21-10-3-9-20(12-13-21)14-15-5-7-16(19)8-6-15/h5-8,17H,2-4,9-14H2,1H3. The molecule has 26 heavy (non-hydrogen) atoms. The number of sulfonamides is 1. The van der Waals surface area contributed by atoms with Crippen molar-refractivity contribution in [1.29, 1.82) is 0 Å². The Morgan fingerprint density at radius 1 is 1.08 bits per heavy atom. The van der Waals surface area contributed by atoms with Crippen LogP contribution in [0.1, 0.15) is 24.8 Å². The largest absolute Gasteiger partial charge is 0.340 e. The highest BCUT2D eigenvalue weighted by atomic mass is 32.2. The van der Waals surface area contributed by atoms with Crippen LogP contribution >= 0.6 is 0 Å². The van der Waals surface area contributed by atoms with Gasteiger partial charge in [-0.3, -0.25) is 9.69 Å². The normalized spacial score (nSPS) is 23.2. The van der Waals surface area contributed by atoms with Gasteiger partial charge in [0.25, 0.3) is 0 Å². The summed E-state index contributed by atoms with van der Waals surface area (Å²) in [5.74, 6) is -0.315. The van der Waals surface area contributed by atoms with Gasteiger partial charge in [0.15, 0.2) is 0 Å². The molecule has 1 atom stereocenters. The number of benzene rings is 1. The molecule has 0 bridgehead atoms. The lowest BCUT2D eigenvalue weighted by molar-refractivity contribution is -0.134. The van der Waals surface area contributed by atoms with Crippen LogP contribution in [0.5, 0.6) is 0 Å². The lowest BCUT2D eigenvalue weighted by atomic mass is 10.2. The predicted molar refractivity (Wildman–Crippen MR) is 97.4 cm³/mol. The number of carbonyl (C=O) groups excluding carboxylic acids is 1. The number of amides is 1. The van der Waals surface area contributed by atoms with E-state index < -0.39 is 16.1 Å². The van der Waals surface area contributed by atoms with Gasteiger partial charge in [0.2, 0.25) is 15.9 Å². The molecule has 2 aliphatic rings. The van der Waals surface area contributed by atoms with Crippen LogP contribution in [-0.4, -0.2) is 73.5 Å². The highest BCUT2D eigenvalue weighted by Gasteiger charge is 2.38. The monoisotopic (exact) mass is 383 g/mol. The van der Waals surface area contributed by atoms with E-state index in [1.165, 1.54) is 22.7 Å². The first-order chi connectivity index (χ1) is 12.3. The molecule has 1 unspecified atom stereocenters. The van der Waals surface area contributed by atoms with Gasteiger partial charge < -0.3 is 4.90 Å². The quantitative estimate of drug-likeness (QED) is 0.786. The molecule has 0 aromatic heterocycles. The molecule has 3 rings (SSSR count). The van der Waals surface area contributed by atoms with Crippen molar-refractivity contribution in [3.05, 3.63) is 35.6 Å². The molecular formula is C18H26FN3O3S. The minimum absolute atomic E-state index is 0.0726. The molecule has 0 saturated carbocycles. The summed E-state index contributed by atoms with van der Waals surface area (Å²) >= 11 is 0. The van der Waals surface area contributed by atoms with Gasteiger partial charge in [0, 0.05) is 39.3 Å². The molecular weight excluding hydrogens is 357 g/mol. The van der Waals surface area contributed by atoms with E-state index in [0.29, 0.717) is 26.1 Å². The van der Waals surface area contributed by atoms with Crippen molar-refractivity contribution in [1.82, 2.24) is 14.1 Å². The Bertz CT molecular complexity index is 739. The lowest BCUT2D eigenvalue weighted by Crippen LogP contribution is -2.48. The van der Waals surface area contributed by atoms with E-state index in [1.807, 2.05) is 0 Å². The Hall–Kier alpha value is -1.51. The third-order valence-electron chi connectivity index (χ3n) is 5.13. The van der Waals surface area contributed by atoms with Crippen LogP contribution in [0, 0.1) is 5.82 Å². The van der Waals surface area contributed by atoms with Gasteiger partial charge in [0.05, 0.1) is 6.26 Å². The fraction of sp³-hybridized carbons (Fsp3) is 0.611. The Labute approximate surface area is 154 Å². The van der Waals surface area contributed by atoms with Gasteiger partial charge in [-0.1, -0.05) is 12.1 Å². The zero-order valence-electron chi connectivity index (χ0n) is 15.1. The van der Waals surface area contributed by atoms with E-state index in [1.54, 1.807) is 17.0 Å². The molecule has 0 aliphatic carbocycles. The minimum Gasteiger partial charge on any atom is -0.340 e. The van der Waals surface area contributed by atoms with Crippen LogP contribution in [0.3, 0.4) is 0 Å². The van der Waals surface area contributed by atoms with Gasteiger partial charge >= 0.3 is 0 Å². The Morgan fingerprint density at radius 3 is 2.50 bits per heavy atom. The predicted octanol–water partition coefficient (Wildman–Crippen LogP) is 1.28. The average Bonchev–Trinajstić information content (AvgIpc) is 2.98. The molecule has 6 nitrogen and oxygen atoms in total. The Balaban J connectivity index is 1.59. The third kappa shape index (κ3) is 4.61. The second kappa shape index (κ2) is 8.02. The Kier molecular flexibility index (Phi) is 5.94.